The Bertz CT molecular complexity index is 380. The fourth-order valence-corrected chi connectivity index (χ4v) is 1.50. The van der Waals surface area contributed by atoms with Crippen LogP contribution < -0.4 is 5.32 Å². The summed E-state index contributed by atoms with van der Waals surface area (Å²) in [6, 6.07) is 4.69. The van der Waals surface area contributed by atoms with Crippen molar-refractivity contribution in [3.63, 3.8) is 0 Å². The van der Waals surface area contributed by atoms with Gasteiger partial charge < -0.3 is 10.1 Å². The molecule has 1 rings (SSSR count). The third-order valence-corrected chi connectivity index (χ3v) is 2.43. The summed E-state index contributed by atoms with van der Waals surface area (Å²) in [6.45, 7) is 5.26. The summed E-state index contributed by atoms with van der Waals surface area (Å²) in [4.78, 5) is 11.1. The highest BCUT2D eigenvalue weighted by Crippen LogP contribution is 2.09. The fourth-order valence-electron chi connectivity index (χ4n) is 1.50. The molecule has 0 fully saturated rings. The van der Waals surface area contributed by atoms with Crippen molar-refractivity contribution in [3.8, 4) is 0 Å². The Hall–Kier alpha value is -1.42. The van der Waals surface area contributed by atoms with Crippen LogP contribution in [0.25, 0.3) is 0 Å². The summed E-state index contributed by atoms with van der Waals surface area (Å²) < 4.78 is 17.6. The summed E-state index contributed by atoms with van der Waals surface area (Å²) in [5.41, 5.74) is 1.95. The van der Waals surface area contributed by atoms with Gasteiger partial charge in [0.1, 0.15) is 5.82 Å². The van der Waals surface area contributed by atoms with E-state index in [1.54, 1.807) is 13.0 Å². The van der Waals surface area contributed by atoms with Gasteiger partial charge in [0.05, 0.1) is 13.0 Å². The van der Waals surface area contributed by atoms with Gasteiger partial charge in [-0.25, -0.2) is 4.39 Å². The van der Waals surface area contributed by atoms with Crippen molar-refractivity contribution in [2.24, 2.45) is 0 Å². The number of benzene rings is 1. The second-order valence-corrected chi connectivity index (χ2v) is 3.80. The molecule has 3 nitrogen and oxygen atoms in total. The van der Waals surface area contributed by atoms with E-state index < -0.39 is 0 Å². The highest BCUT2D eigenvalue weighted by atomic mass is 19.1. The van der Waals surface area contributed by atoms with E-state index >= 15 is 0 Å². The number of carbonyl (C=O) groups is 1. The summed E-state index contributed by atoms with van der Waals surface area (Å²) in [5, 5.41) is 3.13. The van der Waals surface area contributed by atoms with Gasteiger partial charge in [0, 0.05) is 13.1 Å². The molecule has 94 valence electrons. The lowest BCUT2D eigenvalue weighted by Crippen LogP contribution is -2.19. The number of hydrogen-bond donors (Lipinski definition) is 1. The van der Waals surface area contributed by atoms with Crippen molar-refractivity contribution < 1.29 is 13.9 Å². The zero-order chi connectivity index (χ0) is 12.7. The molecule has 0 aliphatic rings. The summed E-state index contributed by atoms with van der Waals surface area (Å²) in [6.07, 6.45) is 0.355. The van der Waals surface area contributed by atoms with E-state index in [2.05, 4.69) is 5.32 Å². The number of ether oxygens (including phenoxy) is 1. The summed E-state index contributed by atoms with van der Waals surface area (Å²) in [5.74, 6) is -0.423. The molecule has 0 spiro atoms. The highest BCUT2D eigenvalue weighted by Gasteiger charge is 2.02. The van der Waals surface area contributed by atoms with Gasteiger partial charge in [0.2, 0.25) is 0 Å². The first-order valence-corrected chi connectivity index (χ1v) is 5.75. The second kappa shape index (κ2) is 7.01. The smallest absolute Gasteiger partial charge is 0.307 e. The van der Waals surface area contributed by atoms with E-state index in [9.17, 15) is 9.18 Å². The molecule has 0 aromatic heterocycles. The molecule has 1 aromatic rings. The van der Waals surface area contributed by atoms with Crippen LogP contribution in [0.3, 0.4) is 0 Å². The van der Waals surface area contributed by atoms with Crippen LogP contribution in [0.1, 0.15) is 24.5 Å². The van der Waals surface area contributed by atoms with Crippen molar-refractivity contribution in [2.75, 3.05) is 13.2 Å². The molecule has 0 unspecified atom stereocenters. The Labute approximate surface area is 101 Å². The molecule has 4 heteroatoms. The third kappa shape index (κ3) is 4.95. The minimum atomic E-state index is -0.224. The van der Waals surface area contributed by atoms with E-state index in [4.69, 9.17) is 4.74 Å². The van der Waals surface area contributed by atoms with Crippen molar-refractivity contribution >= 4 is 5.97 Å². The van der Waals surface area contributed by atoms with Gasteiger partial charge in [-0.05, 0) is 37.1 Å². The van der Waals surface area contributed by atoms with E-state index in [-0.39, 0.29) is 11.8 Å². The Kier molecular flexibility index (Phi) is 5.63. The Morgan fingerprint density at radius 3 is 2.88 bits per heavy atom. The van der Waals surface area contributed by atoms with E-state index in [1.807, 2.05) is 6.92 Å². The average molecular weight is 239 g/mol. The largest absolute Gasteiger partial charge is 0.466 e. The van der Waals surface area contributed by atoms with Gasteiger partial charge in [-0.1, -0.05) is 6.07 Å². The quantitative estimate of drug-likeness (QED) is 0.611. The topological polar surface area (TPSA) is 38.3 Å². The molecule has 0 radical (unpaired) electrons. The monoisotopic (exact) mass is 239 g/mol. The lowest BCUT2D eigenvalue weighted by molar-refractivity contribution is -0.142. The molecule has 0 atom stereocenters. The first kappa shape index (κ1) is 13.6. The highest BCUT2D eigenvalue weighted by molar-refractivity contribution is 5.69. The molecule has 0 saturated carbocycles. The maximum atomic E-state index is 12.8. The average Bonchev–Trinajstić information content (AvgIpc) is 2.27. The van der Waals surface area contributed by atoms with Crippen molar-refractivity contribution in [2.45, 2.75) is 26.8 Å². The molecule has 0 amide bonds. The number of halogens is 1. The van der Waals surface area contributed by atoms with Gasteiger partial charge in [-0.2, -0.15) is 0 Å². The first-order chi connectivity index (χ1) is 8.13. The number of aryl methyl sites for hydroxylation is 1. The summed E-state index contributed by atoms with van der Waals surface area (Å²) >= 11 is 0. The Balaban J connectivity index is 2.29. The lowest BCUT2D eigenvalue weighted by atomic mass is 10.1. The number of carbonyl (C=O) groups excluding carboxylic acids is 1. The van der Waals surface area contributed by atoms with Crippen LogP contribution in [0.4, 0.5) is 4.39 Å². The first-order valence-electron chi connectivity index (χ1n) is 5.75. The van der Waals surface area contributed by atoms with E-state index in [0.29, 0.717) is 26.1 Å². The molecular formula is C13H18FNO2. The molecule has 1 N–H and O–H groups in total. The number of esters is 1. The number of rotatable bonds is 6. The van der Waals surface area contributed by atoms with Crippen molar-refractivity contribution in [3.05, 3.63) is 35.1 Å². The molecule has 17 heavy (non-hydrogen) atoms. The molecule has 0 saturated heterocycles. The minimum Gasteiger partial charge on any atom is -0.466 e. The van der Waals surface area contributed by atoms with E-state index in [1.165, 1.54) is 12.1 Å². The van der Waals surface area contributed by atoms with Gasteiger partial charge in [0.25, 0.3) is 0 Å². The minimum absolute atomic E-state index is 0.198. The van der Waals surface area contributed by atoms with Crippen molar-refractivity contribution in [1.29, 1.82) is 0 Å². The number of hydrogen-bond acceptors (Lipinski definition) is 3. The van der Waals surface area contributed by atoms with E-state index in [0.717, 1.165) is 11.1 Å². The third-order valence-electron chi connectivity index (χ3n) is 2.43. The van der Waals surface area contributed by atoms with Crippen LogP contribution in [0.2, 0.25) is 0 Å². The Morgan fingerprint density at radius 1 is 1.47 bits per heavy atom. The fraction of sp³-hybridized carbons (Fsp3) is 0.462. The molecule has 0 bridgehead atoms. The standard InChI is InChI=1S/C13H18FNO2/c1-3-17-13(16)6-7-15-9-11-4-5-12(14)8-10(11)2/h4-5,8,15H,3,6-7,9H2,1-2H3. The SMILES string of the molecule is CCOC(=O)CCNCc1ccc(F)cc1C. The maximum absolute atomic E-state index is 12.8. The lowest BCUT2D eigenvalue weighted by Gasteiger charge is -2.07. The Morgan fingerprint density at radius 2 is 2.24 bits per heavy atom. The molecular weight excluding hydrogens is 221 g/mol. The van der Waals surface area contributed by atoms with Gasteiger partial charge in [-0.15, -0.1) is 0 Å². The molecule has 1 aromatic carbocycles. The van der Waals surface area contributed by atoms with Crippen LogP contribution in [0.15, 0.2) is 18.2 Å². The molecule has 0 aliphatic heterocycles. The molecule has 0 aliphatic carbocycles. The predicted molar refractivity (Wildman–Crippen MR) is 64.1 cm³/mol. The predicted octanol–water partition coefficient (Wildman–Crippen LogP) is 2.18. The zero-order valence-corrected chi connectivity index (χ0v) is 10.3. The van der Waals surface area contributed by atoms with Gasteiger partial charge in [0.15, 0.2) is 0 Å². The van der Waals surface area contributed by atoms with Gasteiger partial charge in [-0.3, -0.25) is 4.79 Å². The molecule has 0 heterocycles. The van der Waals surface area contributed by atoms with Crippen LogP contribution >= 0.6 is 0 Å². The van der Waals surface area contributed by atoms with Crippen molar-refractivity contribution in [1.82, 2.24) is 5.32 Å². The summed E-state index contributed by atoms with van der Waals surface area (Å²) in [7, 11) is 0. The van der Waals surface area contributed by atoms with Gasteiger partial charge >= 0.3 is 5.97 Å². The second-order valence-electron chi connectivity index (χ2n) is 3.80. The maximum Gasteiger partial charge on any atom is 0.307 e. The number of nitrogens with one attached hydrogen (secondary N) is 1. The van der Waals surface area contributed by atoms with Crippen LogP contribution in [-0.2, 0) is 16.1 Å². The zero-order valence-electron chi connectivity index (χ0n) is 10.3. The van der Waals surface area contributed by atoms with Crippen LogP contribution in [-0.4, -0.2) is 19.1 Å². The normalized spacial score (nSPS) is 10.3. The van der Waals surface area contributed by atoms with Crippen LogP contribution in [0, 0.1) is 12.7 Å². The van der Waals surface area contributed by atoms with Crippen LogP contribution in [0.5, 0.6) is 0 Å².